The van der Waals surface area contributed by atoms with Crippen molar-refractivity contribution in [2.24, 2.45) is 0 Å². The Morgan fingerprint density at radius 3 is 2.13 bits per heavy atom. The minimum Gasteiger partial charge on any atom is -0.332 e. The van der Waals surface area contributed by atoms with Crippen LogP contribution >= 0.6 is 11.6 Å². The molecule has 1 fully saturated rings. The van der Waals surface area contributed by atoms with Gasteiger partial charge in [0.15, 0.2) is 0 Å². The van der Waals surface area contributed by atoms with Crippen molar-refractivity contribution in [3.8, 4) is 0 Å². The summed E-state index contributed by atoms with van der Waals surface area (Å²) in [6, 6.07) is 19.0. The maximum absolute atomic E-state index is 11.6. The zero-order chi connectivity index (χ0) is 16.2. The Bertz CT molecular complexity index is 649. The molecule has 2 aromatic rings. The summed E-state index contributed by atoms with van der Waals surface area (Å²) in [5.74, 6) is 0.173. The molecule has 1 saturated heterocycles. The van der Waals surface area contributed by atoms with Crippen LogP contribution < -0.4 is 4.90 Å². The van der Waals surface area contributed by atoms with E-state index in [0.717, 1.165) is 31.2 Å². The third-order valence-electron chi connectivity index (χ3n) is 4.60. The van der Waals surface area contributed by atoms with Gasteiger partial charge in [-0.25, -0.2) is 0 Å². The second-order valence-electron chi connectivity index (χ2n) is 6.06. The van der Waals surface area contributed by atoms with Crippen LogP contribution in [-0.2, 0) is 4.79 Å². The summed E-state index contributed by atoms with van der Waals surface area (Å²) in [6.45, 7) is 5.21. The van der Waals surface area contributed by atoms with Gasteiger partial charge in [-0.05, 0) is 12.1 Å². The largest absolute Gasteiger partial charge is 0.332 e. The molecule has 0 radical (unpaired) electrons. The average molecular weight is 330 g/mol. The number of amides is 1. The lowest BCUT2D eigenvalue weighted by Gasteiger charge is -2.36. The van der Waals surface area contributed by atoms with Crippen LogP contribution in [0.2, 0.25) is 5.02 Å². The van der Waals surface area contributed by atoms with Gasteiger partial charge in [0.2, 0.25) is 5.91 Å². The van der Waals surface area contributed by atoms with E-state index in [1.807, 2.05) is 23.1 Å². The highest BCUT2D eigenvalue weighted by molar-refractivity contribution is 6.30. The number of quaternary nitrogens is 1. The molecule has 0 spiro atoms. The highest BCUT2D eigenvalue weighted by Crippen LogP contribution is 2.21. The van der Waals surface area contributed by atoms with Crippen molar-refractivity contribution >= 4 is 17.5 Å². The number of nitrogens with zero attached hydrogens (tertiary/aromatic N) is 1. The fourth-order valence-electron chi connectivity index (χ4n) is 3.36. The van der Waals surface area contributed by atoms with Gasteiger partial charge in [0.1, 0.15) is 6.04 Å². The number of benzene rings is 2. The van der Waals surface area contributed by atoms with Gasteiger partial charge in [0.05, 0.1) is 26.2 Å². The maximum Gasteiger partial charge on any atom is 0.219 e. The molecular formula is C19H22ClN2O+. The monoisotopic (exact) mass is 329 g/mol. The van der Waals surface area contributed by atoms with Gasteiger partial charge in [0.25, 0.3) is 0 Å². The molecule has 23 heavy (non-hydrogen) atoms. The standard InChI is InChI=1S/C19H21ClN2O/c1-15(23)21-11-13-22(14-12-21)19(16-5-3-2-4-6-16)17-7-9-18(20)10-8-17/h2-10,19H,11-14H2,1H3/p+1/t19-/m1/s1. The summed E-state index contributed by atoms with van der Waals surface area (Å²) in [4.78, 5) is 15.0. The zero-order valence-electron chi connectivity index (χ0n) is 13.3. The first-order chi connectivity index (χ1) is 11.1. The lowest BCUT2D eigenvalue weighted by Crippen LogP contribution is -3.15. The molecule has 0 aromatic heterocycles. The fourth-order valence-corrected chi connectivity index (χ4v) is 3.49. The van der Waals surface area contributed by atoms with Gasteiger partial charge >= 0.3 is 0 Å². The first kappa shape index (κ1) is 16.0. The molecule has 0 unspecified atom stereocenters. The van der Waals surface area contributed by atoms with E-state index in [4.69, 9.17) is 11.6 Å². The Labute approximate surface area is 142 Å². The van der Waals surface area contributed by atoms with E-state index in [0.29, 0.717) is 0 Å². The number of nitrogens with one attached hydrogen (secondary N) is 1. The predicted molar refractivity (Wildman–Crippen MR) is 92.7 cm³/mol. The Hall–Kier alpha value is -1.84. The van der Waals surface area contributed by atoms with E-state index >= 15 is 0 Å². The SMILES string of the molecule is CC(=O)N1CC[NH+]([C@H](c2ccccc2)c2ccc(Cl)cc2)CC1. The normalized spacial score (nSPS) is 17.0. The molecular weight excluding hydrogens is 308 g/mol. The molecule has 0 aliphatic carbocycles. The van der Waals surface area contributed by atoms with E-state index in [-0.39, 0.29) is 11.9 Å². The Kier molecular flexibility index (Phi) is 4.99. The van der Waals surface area contributed by atoms with Gasteiger partial charge in [-0.2, -0.15) is 0 Å². The molecule has 1 aliphatic heterocycles. The van der Waals surface area contributed by atoms with Crippen LogP contribution in [0.1, 0.15) is 24.1 Å². The van der Waals surface area contributed by atoms with Crippen LogP contribution in [0.25, 0.3) is 0 Å². The molecule has 3 nitrogen and oxygen atoms in total. The number of rotatable bonds is 3. The molecule has 1 aliphatic rings. The molecule has 2 aromatic carbocycles. The minimum absolute atomic E-state index is 0.173. The Balaban J connectivity index is 1.87. The van der Waals surface area contributed by atoms with Crippen LogP contribution in [0.5, 0.6) is 0 Å². The summed E-state index contributed by atoms with van der Waals surface area (Å²) < 4.78 is 0. The van der Waals surface area contributed by atoms with Crippen molar-refractivity contribution in [3.05, 3.63) is 70.7 Å². The summed E-state index contributed by atoms with van der Waals surface area (Å²) >= 11 is 6.05. The second-order valence-corrected chi connectivity index (χ2v) is 6.50. The van der Waals surface area contributed by atoms with E-state index in [9.17, 15) is 4.79 Å². The number of hydrogen-bond donors (Lipinski definition) is 1. The zero-order valence-corrected chi connectivity index (χ0v) is 14.1. The van der Waals surface area contributed by atoms with Crippen LogP contribution in [0.3, 0.4) is 0 Å². The van der Waals surface area contributed by atoms with Crippen LogP contribution in [-0.4, -0.2) is 37.0 Å². The number of piperazine rings is 1. The lowest BCUT2D eigenvalue weighted by atomic mass is 9.96. The number of halogens is 1. The lowest BCUT2D eigenvalue weighted by molar-refractivity contribution is -0.929. The Morgan fingerprint density at radius 1 is 1.00 bits per heavy atom. The third-order valence-corrected chi connectivity index (χ3v) is 4.85. The van der Waals surface area contributed by atoms with Crippen molar-refractivity contribution in [2.75, 3.05) is 26.2 Å². The molecule has 0 saturated carbocycles. The highest BCUT2D eigenvalue weighted by atomic mass is 35.5. The number of carbonyl (C=O) groups is 1. The van der Waals surface area contributed by atoms with Crippen LogP contribution in [0.4, 0.5) is 0 Å². The molecule has 3 rings (SSSR count). The molecule has 4 heteroatoms. The second kappa shape index (κ2) is 7.16. The first-order valence-corrected chi connectivity index (χ1v) is 8.43. The molecule has 1 N–H and O–H groups in total. The van der Waals surface area contributed by atoms with Crippen molar-refractivity contribution in [1.82, 2.24) is 4.90 Å². The summed E-state index contributed by atoms with van der Waals surface area (Å²) in [6.07, 6.45) is 0. The molecule has 1 amide bonds. The van der Waals surface area contributed by atoms with Crippen molar-refractivity contribution in [2.45, 2.75) is 13.0 Å². The number of carbonyl (C=O) groups excluding carboxylic acids is 1. The molecule has 1 heterocycles. The predicted octanol–water partition coefficient (Wildman–Crippen LogP) is 2.18. The maximum atomic E-state index is 11.6. The third kappa shape index (κ3) is 3.74. The number of hydrogen-bond acceptors (Lipinski definition) is 1. The Morgan fingerprint density at radius 2 is 1.57 bits per heavy atom. The van der Waals surface area contributed by atoms with Crippen LogP contribution in [0, 0.1) is 0 Å². The average Bonchev–Trinajstić information content (AvgIpc) is 2.58. The summed E-state index contributed by atoms with van der Waals surface area (Å²) in [5, 5.41) is 0.761. The molecule has 1 atom stereocenters. The summed E-state index contributed by atoms with van der Waals surface area (Å²) in [5.41, 5.74) is 2.58. The van der Waals surface area contributed by atoms with Crippen molar-refractivity contribution in [1.29, 1.82) is 0 Å². The van der Waals surface area contributed by atoms with E-state index in [2.05, 4.69) is 36.4 Å². The van der Waals surface area contributed by atoms with Crippen LogP contribution in [0.15, 0.2) is 54.6 Å². The van der Waals surface area contributed by atoms with E-state index in [1.165, 1.54) is 16.0 Å². The molecule has 120 valence electrons. The first-order valence-electron chi connectivity index (χ1n) is 8.05. The van der Waals surface area contributed by atoms with Gasteiger partial charge in [-0.1, -0.05) is 54.1 Å². The topological polar surface area (TPSA) is 24.8 Å². The van der Waals surface area contributed by atoms with E-state index in [1.54, 1.807) is 6.92 Å². The quantitative estimate of drug-likeness (QED) is 0.917. The smallest absolute Gasteiger partial charge is 0.219 e. The van der Waals surface area contributed by atoms with E-state index < -0.39 is 0 Å². The fraction of sp³-hybridized carbons (Fsp3) is 0.316. The molecule has 0 bridgehead atoms. The highest BCUT2D eigenvalue weighted by Gasteiger charge is 2.30. The summed E-state index contributed by atoms with van der Waals surface area (Å²) in [7, 11) is 0. The van der Waals surface area contributed by atoms with Gasteiger partial charge in [-0.3, -0.25) is 4.79 Å². The van der Waals surface area contributed by atoms with Gasteiger partial charge < -0.3 is 9.80 Å². The minimum atomic E-state index is 0.173. The van der Waals surface area contributed by atoms with Crippen molar-refractivity contribution in [3.63, 3.8) is 0 Å². The van der Waals surface area contributed by atoms with Gasteiger partial charge in [-0.15, -0.1) is 0 Å². The van der Waals surface area contributed by atoms with Crippen molar-refractivity contribution < 1.29 is 9.69 Å². The van der Waals surface area contributed by atoms with Gasteiger partial charge in [0, 0.05) is 23.1 Å².